The van der Waals surface area contributed by atoms with Gasteiger partial charge in [-0.15, -0.1) is 0 Å². The Morgan fingerprint density at radius 3 is 2.55 bits per heavy atom. The number of halogens is 2. The van der Waals surface area contributed by atoms with E-state index in [-0.39, 0.29) is 24.2 Å². The summed E-state index contributed by atoms with van der Waals surface area (Å²) in [4.78, 5) is 24.9. The molecule has 31 heavy (non-hydrogen) atoms. The third-order valence-corrected chi connectivity index (χ3v) is 5.23. The number of amides is 1. The predicted octanol–water partition coefficient (Wildman–Crippen LogP) is 3.49. The van der Waals surface area contributed by atoms with Crippen LogP contribution in [0.25, 0.3) is 16.8 Å². The highest BCUT2D eigenvalue weighted by Gasteiger charge is 2.12. The van der Waals surface area contributed by atoms with E-state index in [9.17, 15) is 18.4 Å². The van der Waals surface area contributed by atoms with Crippen molar-refractivity contribution in [2.45, 2.75) is 20.4 Å². The van der Waals surface area contributed by atoms with Gasteiger partial charge in [0.05, 0.1) is 5.69 Å². The van der Waals surface area contributed by atoms with Crippen LogP contribution < -0.4 is 10.9 Å². The summed E-state index contributed by atoms with van der Waals surface area (Å²) in [5, 5.41) is 7.09. The van der Waals surface area contributed by atoms with Crippen molar-refractivity contribution in [3.05, 3.63) is 93.5 Å². The first-order valence-corrected chi connectivity index (χ1v) is 9.73. The summed E-state index contributed by atoms with van der Waals surface area (Å²) in [6.45, 7) is 4.42. The van der Waals surface area contributed by atoms with Crippen LogP contribution in [-0.2, 0) is 6.54 Å². The van der Waals surface area contributed by atoms with Crippen molar-refractivity contribution < 1.29 is 13.6 Å². The van der Waals surface area contributed by atoms with Crippen LogP contribution in [0.1, 0.15) is 21.5 Å². The van der Waals surface area contributed by atoms with Crippen molar-refractivity contribution in [1.29, 1.82) is 0 Å². The van der Waals surface area contributed by atoms with E-state index in [0.717, 1.165) is 23.3 Å². The second-order valence-corrected chi connectivity index (χ2v) is 7.34. The van der Waals surface area contributed by atoms with E-state index in [1.807, 2.05) is 32.0 Å². The molecule has 0 unspecified atom stereocenters. The van der Waals surface area contributed by atoms with Crippen LogP contribution >= 0.6 is 0 Å². The molecule has 0 atom stereocenters. The van der Waals surface area contributed by atoms with E-state index in [0.29, 0.717) is 11.2 Å². The fourth-order valence-corrected chi connectivity index (χ4v) is 3.27. The number of rotatable bonds is 5. The minimum atomic E-state index is -1.09. The zero-order valence-corrected chi connectivity index (χ0v) is 17.0. The molecule has 2 aromatic carbocycles. The third-order valence-electron chi connectivity index (χ3n) is 5.23. The summed E-state index contributed by atoms with van der Waals surface area (Å²) >= 11 is 0. The van der Waals surface area contributed by atoms with E-state index in [1.165, 1.54) is 20.7 Å². The van der Waals surface area contributed by atoms with Crippen molar-refractivity contribution in [1.82, 2.24) is 19.5 Å². The van der Waals surface area contributed by atoms with Gasteiger partial charge in [-0.1, -0.05) is 12.1 Å². The first-order valence-electron chi connectivity index (χ1n) is 9.73. The van der Waals surface area contributed by atoms with E-state index in [4.69, 9.17) is 0 Å². The number of aromatic nitrogens is 3. The minimum absolute atomic E-state index is 0.00974. The SMILES string of the molecule is Cc1ccc(-c2cc3c(=O)n(CCNC(=O)c4ccc(F)c(F)c4)ccn3n2)cc1C. The lowest BCUT2D eigenvalue weighted by Crippen LogP contribution is -2.31. The van der Waals surface area contributed by atoms with Crippen LogP contribution in [0.2, 0.25) is 0 Å². The molecule has 0 saturated carbocycles. The van der Waals surface area contributed by atoms with E-state index >= 15 is 0 Å². The normalized spacial score (nSPS) is 11.1. The van der Waals surface area contributed by atoms with E-state index in [2.05, 4.69) is 10.4 Å². The largest absolute Gasteiger partial charge is 0.350 e. The van der Waals surface area contributed by atoms with E-state index in [1.54, 1.807) is 18.5 Å². The molecule has 4 aromatic rings. The number of carbonyl (C=O) groups is 1. The fourth-order valence-electron chi connectivity index (χ4n) is 3.27. The van der Waals surface area contributed by atoms with Gasteiger partial charge >= 0.3 is 0 Å². The lowest BCUT2D eigenvalue weighted by atomic mass is 10.0. The summed E-state index contributed by atoms with van der Waals surface area (Å²) in [5.41, 5.74) is 4.13. The summed E-state index contributed by atoms with van der Waals surface area (Å²) < 4.78 is 29.3. The number of fused-ring (bicyclic) bond motifs is 1. The summed E-state index contributed by atoms with van der Waals surface area (Å²) in [6.07, 6.45) is 3.27. The van der Waals surface area contributed by atoms with Crippen LogP contribution in [0.5, 0.6) is 0 Å². The number of aryl methyl sites for hydroxylation is 2. The Bertz CT molecular complexity index is 1360. The van der Waals surface area contributed by atoms with Crippen molar-refractivity contribution >= 4 is 11.4 Å². The Morgan fingerprint density at radius 1 is 1.00 bits per heavy atom. The first kappa shape index (κ1) is 20.5. The van der Waals surface area contributed by atoms with Gasteiger partial charge in [-0.05, 0) is 55.3 Å². The molecule has 6 nitrogen and oxygen atoms in total. The first-order chi connectivity index (χ1) is 14.8. The Morgan fingerprint density at radius 2 is 1.81 bits per heavy atom. The zero-order chi connectivity index (χ0) is 22.1. The molecule has 0 aliphatic rings. The second-order valence-electron chi connectivity index (χ2n) is 7.34. The summed E-state index contributed by atoms with van der Waals surface area (Å²) in [5.74, 6) is -2.65. The number of nitrogens with one attached hydrogen (secondary N) is 1. The van der Waals surface area contributed by atoms with Crippen LogP contribution in [-0.4, -0.2) is 26.6 Å². The molecule has 158 valence electrons. The molecular weight excluding hydrogens is 402 g/mol. The van der Waals surface area contributed by atoms with Crippen LogP contribution in [0.15, 0.2) is 59.7 Å². The molecular formula is C23H20F2N4O2. The van der Waals surface area contributed by atoms with Gasteiger partial charge in [0.15, 0.2) is 11.6 Å². The number of hydrogen-bond donors (Lipinski definition) is 1. The van der Waals surface area contributed by atoms with Crippen molar-refractivity contribution in [2.24, 2.45) is 0 Å². The Balaban J connectivity index is 1.50. The average molecular weight is 422 g/mol. The molecule has 0 bridgehead atoms. The molecule has 2 aromatic heterocycles. The van der Waals surface area contributed by atoms with Gasteiger partial charge in [0, 0.05) is 36.6 Å². The Kier molecular flexibility index (Phi) is 5.37. The van der Waals surface area contributed by atoms with Gasteiger partial charge in [-0.2, -0.15) is 5.10 Å². The third kappa shape index (κ3) is 4.09. The number of hydrogen-bond acceptors (Lipinski definition) is 3. The Labute approximate surface area is 176 Å². The zero-order valence-electron chi connectivity index (χ0n) is 17.0. The molecule has 1 N–H and O–H groups in total. The molecule has 0 fully saturated rings. The standard InChI is InChI=1S/C23H20F2N4O2/c1-14-3-4-16(11-15(14)2)20-13-21-23(31)28(9-10-29(21)27-20)8-7-26-22(30)17-5-6-18(24)19(25)12-17/h3-6,9-13H,7-8H2,1-2H3,(H,26,30). The predicted molar refractivity (Wildman–Crippen MR) is 113 cm³/mol. The highest BCUT2D eigenvalue weighted by molar-refractivity contribution is 5.94. The summed E-state index contributed by atoms with van der Waals surface area (Å²) in [6, 6.07) is 10.7. The number of nitrogens with zero attached hydrogens (tertiary/aromatic N) is 3. The molecule has 0 aliphatic carbocycles. The molecule has 8 heteroatoms. The highest BCUT2D eigenvalue weighted by atomic mass is 19.2. The number of benzene rings is 2. The lowest BCUT2D eigenvalue weighted by molar-refractivity contribution is 0.0951. The quantitative estimate of drug-likeness (QED) is 0.535. The molecule has 2 heterocycles. The summed E-state index contributed by atoms with van der Waals surface area (Å²) in [7, 11) is 0. The van der Waals surface area contributed by atoms with Crippen molar-refractivity contribution in [3.63, 3.8) is 0 Å². The molecule has 0 radical (unpaired) electrons. The molecule has 0 aliphatic heterocycles. The number of carbonyl (C=O) groups excluding carboxylic acids is 1. The monoisotopic (exact) mass is 422 g/mol. The molecule has 1 amide bonds. The van der Waals surface area contributed by atoms with Gasteiger partial charge in [-0.25, -0.2) is 13.3 Å². The van der Waals surface area contributed by atoms with Crippen molar-refractivity contribution in [2.75, 3.05) is 6.54 Å². The molecule has 0 spiro atoms. The minimum Gasteiger partial charge on any atom is -0.350 e. The van der Waals surface area contributed by atoms with Crippen LogP contribution in [0.3, 0.4) is 0 Å². The topological polar surface area (TPSA) is 68.4 Å². The Hall–Kier alpha value is -3.81. The fraction of sp³-hybridized carbons (Fsp3) is 0.174. The van der Waals surface area contributed by atoms with Gasteiger partial charge in [-0.3, -0.25) is 9.59 Å². The molecule has 4 rings (SSSR count). The highest BCUT2D eigenvalue weighted by Crippen LogP contribution is 2.21. The van der Waals surface area contributed by atoms with Gasteiger partial charge in [0.1, 0.15) is 5.52 Å². The lowest BCUT2D eigenvalue weighted by Gasteiger charge is -2.08. The smallest absolute Gasteiger partial charge is 0.276 e. The second kappa shape index (κ2) is 8.14. The van der Waals surface area contributed by atoms with Crippen molar-refractivity contribution in [3.8, 4) is 11.3 Å². The van der Waals surface area contributed by atoms with Crippen LogP contribution in [0.4, 0.5) is 8.78 Å². The van der Waals surface area contributed by atoms with Gasteiger partial charge in [0.2, 0.25) is 0 Å². The average Bonchev–Trinajstić information content (AvgIpc) is 3.19. The maximum atomic E-state index is 13.3. The maximum absolute atomic E-state index is 13.3. The van der Waals surface area contributed by atoms with Gasteiger partial charge < -0.3 is 9.88 Å². The maximum Gasteiger partial charge on any atom is 0.276 e. The van der Waals surface area contributed by atoms with Gasteiger partial charge in [0.25, 0.3) is 11.5 Å². The van der Waals surface area contributed by atoms with Crippen LogP contribution in [0, 0.1) is 25.5 Å². The molecule has 0 saturated heterocycles. The van der Waals surface area contributed by atoms with E-state index < -0.39 is 17.5 Å².